The molecule has 0 bridgehead atoms. The average Bonchev–Trinajstić information content (AvgIpc) is 3.49. The summed E-state index contributed by atoms with van der Waals surface area (Å²) in [6, 6.07) is 11.3. The van der Waals surface area contributed by atoms with Crippen molar-refractivity contribution in [2.75, 3.05) is 6.54 Å². The van der Waals surface area contributed by atoms with Gasteiger partial charge in [0.15, 0.2) is 0 Å². The molecule has 0 fully saturated rings. The third-order valence-corrected chi connectivity index (χ3v) is 7.42. The zero-order valence-electron chi connectivity index (χ0n) is 23.1. The molecule has 1 N–H and O–H groups in total. The number of amides is 1. The Balaban J connectivity index is 1.70. The minimum absolute atomic E-state index is 0.0388. The zero-order valence-corrected chi connectivity index (χ0v) is 23.9. The summed E-state index contributed by atoms with van der Waals surface area (Å²) in [5.74, 6) is -0.540. The number of aliphatic carboxylic acids is 1. The van der Waals surface area contributed by atoms with E-state index in [0.717, 1.165) is 37.7 Å². The molecule has 3 aromatic rings. The number of benzene rings is 2. The van der Waals surface area contributed by atoms with Crippen molar-refractivity contribution in [1.29, 1.82) is 5.26 Å². The number of aromatic nitrogens is 1. The van der Waals surface area contributed by atoms with Crippen LogP contribution in [0, 0.1) is 18.3 Å². The number of carboxylic acids is 1. The number of hydrogen-bond acceptors (Lipinski definition) is 7. The molecule has 1 unspecified atom stereocenters. The summed E-state index contributed by atoms with van der Waals surface area (Å²) >= 11 is 1.53. The van der Waals surface area contributed by atoms with Crippen LogP contribution in [0.15, 0.2) is 36.5 Å². The highest BCUT2D eigenvalue weighted by molar-refractivity contribution is 7.18. The van der Waals surface area contributed by atoms with Gasteiger partial charge in [-0.05, 0) is 94.8 Å². The van der Waals surface area contributed by atoms with Gasteiger partial charge in [0.2, 0.25) is 0 Å². The van der Waals surface area contributed by atoms with Crippen molar-refractivity contribution in [2.45, 2.75) is 72.1 Å². The Bertz CT molecular complexity index is 1450. The van der Waals surface area contributed by atoms with Crippen molar-refractivity contribution in [3.63, 3.8) is 0 Å². The van der Waals surface area contributed by atoms with E-state index in [2.05, 4.69) is 11.1 Å². The van der Waals surface area contributed by atoms with Crippen molar-refractivity contribution in [3.05, 3.63) is 58.8 Å². The quantitative estimate of drug-likeness (QED) is 0.348. The van der Waals surface area contributed by atoms with Crippen LogP contribution in [-0.4, -0.2) is 45.3 Å². The first-order chi connectivity index (χ1) is 18.4. The largest absolute Gasteiger partial charge is 0.490 e. The first-order valence-corrected chi connectivity index (χ1v) is 13.7. The van der Waals surface area contributed by atoms with Crippen molar-refractivity contribution < 1.29 is 24.2 Å². The molecule has 9 heteroatoms. The molecule has 1 aliphatic rings. The van der Waals surface area contributed by atoms with Gasteiger partial charge < -0.3 is 14.6 Å². The van der Waals surface area contributed by atoms with Crippen LogP contribution in [0.25, 0.3) is 21.0 Å². The van der Waals surface area contributed by atoms with Crippen LogP contribution in [0.1, 0.15) is 69.3 Å². The third kappa shape index (κ3) is 6.23. The fourth-order valence-electron chi connectivity index (χ4n) is 4.86. The number of carbonyl (C=O) groups excluding carboxylic acids is 1. The maximum Gasteiger partial charge on any atom is 0.411 e. The number of fused-ring (bicyclic) bond motifs is 1. The monoisotopic (exact) mass is 547 g/mol. The second kappa shape index (κ2) is 11.1. The molecule has 0 spiro atoms. The van der Waals surface area contributed by atoms with Gasteiger partial charge in [-0.25, -0.2) is 9.78 Å². The second-order valence-corrected chi connectivity index (χ2v) is 11.9. The van der Waals surface area contributed by atoms with Gasteiger partial charge in [-0.1, -0.05) is 12.1 Å². The van der Waals surface area contributed by atoms with Crippen LogP contribution in [0.2, 0.25) is 0 Å². The van der Waals surface area contributed by atoms with E-state index in [-0.39, 0.29) is 6.10 Å². The normalized spacial score (nSPS) is 14.6. The second-order valence-electron chi connectivity index (χ2n) is 10.9. The first-order valence-electron chi connectivity index (χ1n) is 12.9. The minimum Gasteiger partial charge on any atom is -0.490 e. The van der Waals surface area contributed by atoms with E-state index >= 15 is 0 Å². The van der Waals surface area contributed by atoms with E-state index in [1.54, 1.807) is 32.9 Å². The first kappa shape index (κ1) is 28.1. The van der Waals surface area contributed by atoms with Gasteiger partial charge in [0.25, 0.3) is 0 Å². The Morgan fingerprint density at radius 3 is 2.64 bits per heavy atom. The number of carbonyl (C=O) groups is 2. The van der Waals surface area contributed by atoms with Gasteiger partial charge in [0.05, 0.1) is 22.6 Å². The van der Waals surface area contributed by atoms with E-state index in [9.17, 15) is 20.0 Å². The summed E-state index contributed by atoms with van der Waals surface area (Å²) < 4.78 is 11.3. The summed E-state index contributed by atoms with van der Waals surface area (Å²) in [6.07, 6.45) is 2.46. The van der Waals surface area contributed by atoms with Gasteiger partial charge in [0, 0.05) is 11.8 Å². The number of hydrogen-bond donors (Lipinski definition) is 1. The standard InChI is InChI=1S/C30H33N3O5S/c1-17(2)37-24-12-8-19(13-20(24)14-31)28-32-15-25(39-28)27-18(3)7-9-21-22(27)10-11-23(21)33(16-26(34)35)29(36)38-30(4,5)6/h7-9,12-13,15,17,23H,10-11,16H2,1-6H3,(H,34,35). The van der Waals surface area contributed by atoms with Crippen LogP contribution in [-0.2, 0) is 16.0 Å². The van der Waals surface area contributed by atoms with Gasteiger partial charge in [-0.15, -0.1) is 11.3 Å². The van der Waals surface area contributed by atoms with Crippen molar-refractivity contribution in [1.82, 2.24) is 9.88 Å². The third-order valence-electron chi connectivity index (χ3n) is 6.36. The highest BCUT2D eigenvalue weighted by Gasteiger charge is 2.36. The maximum atomic E-state index is 13.0. The van der Waals surface area contributed by atoms with E-state index in [0.29, 0.717) is 24.2 Å². The number of rotatable bonds is 7. The fourth-order valence-corrected chi connectivity index (χ4v) is 5.91. The Kier molecular flexibility index (Phi) is 7.98. The molecule has 1 heterocycles. The topological polar surface area (TPSA) is 113 Å². The molecule has 0 radical (unpaired) electrons. The molecule has 8 nitrogen and oxygen atoms in total. The molecule has 0 aliphatic heterocycles. The molecule has 1 atom stereocenters. The Labute approximate surface area is 232 Å². The van der Waals surface area contributed by atoms with Crippen molar-refractivity contribution in [3.8, 4) is 32.8 Å². The number of thiazole rings is 1. The number of ether oxygens (including phenoxy) is 2. The molecule has 1 aromatic heterocycles. The van der Waals surface area contributed by atoms with Gasteiger partial charge in [-0.2, -0.15) is 5.26 Å². The molecule has 1 amide bonds. The average molecular weight is 548 g/mol. The molecule has 204 valence electrons. The highest BCUT2D eigenvalue weighted by Crippen LogP contribution is 2.45. The molecule has 39 heavy (non-hydrogen) atoms. The predicted molar refractivity (Wildman–Crippen MR) is 150 cm³/mol. The van der Waals surface area contributed by atoms with E-state index in [1.165, 1.54) is 16.2 Å². The SMILES string of the molecule is Cc1ccc2c(c1-c1cnc(-c3ccc(OC(C)C)c(C#N)c3)s1)CCC2N(CC(=O)O)C(=O)OC(C)(C)C. The Morgan fingerprint density at radius 1 is 1.26 bits per heavy atom. The van der Waals surface area contributed by atoms with E-state index in [4.69, 9.17) is 9.47 Å². The van der Waals surface area contributed by atoms with E-state index in [1.807, 2.05) is 45.2 Å². The Morgan fingerprint density at radius 2 is 2.00 bits per heavy atom. The summed E-state index contributed by atoms with van der Waals surface area (Å²) in [4.78, 5) is 31.6. The van der Waals surface area contributed by atoms with Crippen LogP contribution in [0.3, 0.4) is 0 Å². The van der Waals surface area contributed by atoms with Crippen LogP contribution in [0.5, 0.6) is 5.75 Å². The Hall–Kier alpha value is -3.90. The zero-order chi connectivity index (χ0) is 28.5. The van der Waals surface area contributed by atoms with Gasteiger partial charge in [0.1, 0.15) is 29.0 Å². The smallest absolute Gasteiger partial charge is 0.411 e. The lowest BCUT2D eigenvalue weighted by Crippen LogP contribution is -2.41. The van der Waals surface area contributed by atoms with Crippen molar-refractivity contribution in [2.24, 2.45) is 0 Å². The van der Waals surface area contributed by atoms with Crippen molar-refractivity contribution >= 4 is 23.4 Å². The van der Waals surface area contributed by atoms with Crippen LogP contribution in [0.4, 0.5) is 4.79 Å². The summed E-state index contributed by atoms with van der Waals surface area (Å²) in [5.41, 5.74) is 4.70. The number of carboxylic acid groups (broad SMARTS) is 1. The molecule has 0 saturated heterocycles. The van der Waals surface area contributed by atoms with Crippen LogP contribution >= 0.6 is 11.3 Å². The maximum absolute atomic E-state index is 13.0. The molecule has 0 saturated carbocycles. The molecule has 2 aromatic carbocycles. The van der Waals surface area contributed by atoms with E-state index < -0.39 is 30.3 Å². The minimum atomic E-state index is -1.09. The highest BCUT2D eigenvalue weighted by atomic mass is 32.1. The summed E-state index contributed by atoms with van der Waals surface area (Å²) in [7, 11) is 0. The molecule has 4 rings (SSSR count). The predicted octanol–water partition coefficient (Wildman–Crippen LogP) is 6.75. The van der Waals surface area contributed by atoms with Gasteiger partial charge in [-0.3, -0.25) is 9.69 Å². The lowest BCUT2D eigenvalue weighted by Gasteiger charge is -2.31. The van der Waals surface area contributed by atoms with Crippen LogP contribution < -0.4 is 4.74 Å². The molecular weight excluding hydrogens is 514 g/mol. The fraction of sp³-hybridized carbons (Fsp3) is 0.400. The van der Waals surface area contributed by atoms with Gasteiger partial charge >= 0.3 is 12.1 Å². The lowest BCUT2D eigenvalue weighted by molar-refractivity contribution is -0.138. The number of nitrogens with zero attached hydrogens (tertiary/aromatic N) is 3. The molecular formula is C30H33N3O5S. The lowest BCUT2D eigenvalue weighted by atomic mass is 9.96. The number of nitriles is 1. The summed E-state index contributed by atoms with van der Waals surface area (Å²) in [5, 5.41) is 20.0. The summed E-state index contributed by atoms with van der Waals surface area (Å²) in [6.45, 7) is 10.7. The molecule has 1 aliphatic carbocycles. The number of aryl methyl sites for hydroxylation is 1.